The molecule has 7 heteroatoms. The van der Waals surface area contributed by atoms with Gasteiger partial charge in [0.25, 0.3) is 5.91 Å². The monoisotopic (exact) mass is 336 g/mol. The van der Waals surface area contributed by atoms with E-state index in [4.69, 9.17) is 5.11 Å². The molecule has 1 amide bonds. The number of rotatable bonds is 8. The van der Waals surface area contributed by atoms with Crippen LogP contribution in [0.5, 0.6) is 5.75 Å². The molecule has 5 nitrogen and oxygen atoms in total. The normalized spacial score (nSPS) is 10.5. The molecule has 3 N–H and O–H groups in total. The summed E-state index contributed by atoms with van der Waals surface area (Å²) >= 11 is 0. The summed E-state index contributed by atoms with van der Waals surface area (Å²) in [7, 11) is 0. The SMILES string of the molecule is O=C(NCCO)c1cccc(NCc2ccc(OC(F)F)cc2)c1. The van der Waals surface area contributed by atoms with E-state index in [0.717, 1.165) is 11.3 Å². The molecule has 128 valence electrons. The van der Waals surface area contributed by atoms with Crippen LogP contribution < -0.4 is 15.4 Å². The fraction of sp³-hybridized carbons (Fsp3) is 0.235. The van der Waals surface area contributed by atoms with Gasteiger partial charge < -0.3 is 20.5 Å². The van der Waals surface area contributed by atoms with Crippen molar-refractivity contribution in [3.8, 4) is 5.75 Å². The van der Waals surface area contributed by atoms with Crippen LogP contribution in [0.3, 0.4) is 0 Å². The first kappa shape index (κ1) is 17.7. The van der Waals surface area contributed by atoms with Crippen LogP contribution in [0.1, 0.15) is 15.9 Å². The number of hydrogen-bond donors (Lipinski definition) is 3. The quantitative estimate of drug-likeness (QED) is 0.693. The van der Waals surface area contributed by atoms with Crippen molar-refractivity contribution in [2.75, 3.05) is 18.5 Å². The van der Waals surface area contributed by atoms with Gasteiger partial charge >= 0.3 is 6.61 Å². The molecule has 0 bridgehead atoms. The maximum Gasteiger partial charge on any atom is 0.387 e. The van der Waals surface area contributed by atoms with E-state index < -0.39 is 6.61 Å². The number of nitrogens with one attached hydrogen (secondary N) is 2. The van der Waals surface area contributed by atoms with Crippen LogP contribution >= 0.6 is 0 Å². The number of carbonyl (C=O) groups excluding carboxylic acids is 1. The number of anilines is 1. The van der Waals surface area contributed by atoms with E-state index in [0.29, 0.717) is 12.1 Å². The third kappa shape index (κ3) is 5.51. The Morgan fingerprint density at radius 1 is 1.17 bits per heavy atom. The molecular weight excluding hydrogens is 318 g/mol. The van der Waals surface area contributed by atoms with E-state index in [1.54, 1.807) is 30.3 Å². The Bertz CT molecular complexity index is 663. The predicted octanol–water partition coefficient (Wildman–Crippen LogP) is 2.62. The number of aliphatic hydroxyl groups is 1. The summed E-state index contributed by atoms with van der Waals surface area (Å²) in [4.78, 5) is 11.8. The van der Waals surface area contributed by atoms with Crippen LogP contribution in [0, 0.1) is 0 Å². The molecule has 0 saturated carbocycles. The summed E-state index contributed by atoms with van der Waals surface area (Å²) in [5.74, 6) is -0.155. The summed E-state index contributed by atoms with van der Waals surface area (Å²) < 4.78 is 28.5. The molecule has 2 aromatic rings. The first-order valence-electron chi connectivity index (χ1n) is 7.35. The zero-order valence-corrected chi connectivity index (χ0v) is 12.8. The number of halogens is 2. The summed E-state index contributed by atoms with van der Waals surface area (Å²) in [5.41, 5.74) is 2.11. The number of aliphatic hydroxyl groups excluding tert-OH is 1. The first-order chi connectivity index (χ1) is 11.6. The zero-order chi connectivity index (χ0) is 17.4. The van der Waals surface area contributed by atoms with Gasteiger partial charge in [-0.05, 0) is 35.9 Å². The summed E-state index contributed by atoms with van der Waals surface area (Å²) in [6, 6.07) is 13.2. The van der Waals surface area contributed by atoms with Crippen LogP contribution in [0.4, 0.5) is 14.5 Å². The summed E-state index contributed by atoms with van der Waals surface area (Å²) in [6.07, 6.45) is 0. The second-order valence-electron chi connectivity index (χ2n) is 4.94. The van der Waals surface area contributed by atoms with E-state index in [1.165, 1.54) is 12.1 Å². The van der Waals surface area contributed by atoms with E-state index in [9.17, 15) is 13.6 Å². The van der Waals surface area contributed by atoms with Gasteiger partial charge in [-0.3, -0.25) is 4.79 Å². The largest absolute Gasteiger partial charge is 0.435 e. The lowest BCUT2D eigenvalue weighted by Gasteiger charge is -2.10. The van der Waals surface area contributed by atoms with Crippen LogP contribution in [-0.2, 0) is 6.54 Å². The van der Waals surface area contributed by atoms with E-state index in [2.05, 4.69) is 15.4 Å². The second-order valence-corrected chi connectivity index (χ2v) is 4.94. The maximum atomic E-state index is 12.1. The van der Waals surface area contributed by atoms with Crippen LogP contribution in [-0.4, -0.2) is 30.8 Å². The van der Waals surface area contributed by atoms with Crippen molar-refractivity contribution in [3.63, 3.8) is 0 Å². The molecule has 0 atom stereocenters. The highest BCUT2D eigenvalue weighted by molar-refractivity contribution is 5.95. The van der Waals surface area contributed by atoms with Crippen molar-refractivity contribution in [1.82, 2.24) is 5.32 Å². The Hall–Kier alpha value is -2.67. The third-order valence-electron chi connectivity index (χ3n) is 3.17. The molecule has 0 saturated heterocycles. The molecule has 0 radical (unpaired) electrons. The minimum atomic E-state index is -2.84. The number of benzene rings is 2. The molecule has 2 rings (SSSR count). The number of ether oxygens (including phenoxy) is 1. The van der Waals surface area contributed by atoms with E-state index in [1.807, 2.05) is 6.07 Å². The molecule has 0 aliphatic rings. The van der Waals surface area contributed by atoms with E-state index in [-0.39, 0.29) is 24.8 Å². The molecule has 24 heavy (non-hydrogen) atoms. The van der Waals surface area contributed by atoms with Gasteiger partial charge in [0, 0.05) is 24.3 Å². The maximum absolute atomic E-state index is 12.1. The minimum Gasteiger partial charge on any atom is -0.435 e. The third-order valence-corrected chi connectivity index (χ3v) is 3.17. The van der Waals surface area contributed by atoms with Crippen LogP contribution in [0.15, 0.2) is 48.5 Å². The average molecular weight is 336 g/mol. The standard InChI is InChI=1S/C17H18F2N2O3/c18-17(19)24-15-6-4-12(5-7-15)11-21-14-3-1-2-13(10-14)16(23)20-8-9-22/h1-7,10,17,21-22H,8-9,11H2,(H,20,23). The summed E-state index contributed by atoms with van der Waals surface area (Å²) in [6.45, 7) is -2.29. The molecular formula is C17H18F2N2O3. The molecule has 2 aromatic carbocycles. The molecule has 0 aliphatic carbocycles. The fourth-order valence-electron chi connectivity index (χ4n) is 2.03. The van der Waals surface area contributed by atoms with Crippen molar-refractivity contribution >= 4 is 11.6 Å². The van der Waals surface area contributed by atoms with Crippen LogP contribution in [0.25, 0.3) is 0 Å². The van der Waals surface area contributed by atoms with Gasteiger partial charge in [0.05, 0.1) is 6.61 Å². The zero-order valence-electron chi connectivity index (χ0n) is 12.8. The highest BCUT2D eigenvalue weighted by Gasteiger charge is 2.06. The Morgan fingerprint density at radius 2 is 1.92 bits per heavy atom. The lowest BCUT2D eigenvalue weighted by atomic mass is 10.1. The van der Waals surface area contributed by atoms with Gasteiger partial charge in [-0.2, -0.15) is 8.78 Å². The Kier molecular flexibility index (Phi) is 6.51. The van der Waals surface area contributed by atoms with Crippen molar-refractivity contribution in [3.05, 3.63) is 59.7 Å². The second kappa shape index (κ2) is 8.83. The smallest absolute Gasteiger partial charge is 0.387 e. The van der Waals surface area contributed by atoms with Gasteiger partial charge in [-0.25, -0.2) is 0 Å². The van der Waals surface area contributed by atoms with Gasteiger partial charge in [0.2, 0.25) is 0 Å². The average Bonchev–Trinajstić information content (AvgIpc) is 2.59. The molecule has 0 fully saturated rings. The number of amides is 1. The lowest BCUT2D eigenvalue weighted by molar-refractivity contribution is -0.0498. The number of alkyl halides is 2. The molecule has 0 heterocycles. The first-order valence-corrected chi connectivity index (χ1v) is 7.35. The van der Waals surface area contributed by atoms with Crippen LogP contribution in [0.2, 0.25) is 0 Å². The summed E-state index contributed by atoms with van der Waals surface area (Å²) in [5, 5.41) is 14.5. The predicted molar refractivity (Wildman–Crippen MR) is 86.3 cm³/mol. The van der Waals surface area contributed by atoms with Crippen molar-refractivity contribution in [2.24, 2.45) is 0 Å². The van der Waals surface area contributed by atoms with Crippen molar-refractivity contribution in [2.45, 2.75) is 13.2 Å². The Balaban J connectivity index is 1.93. The van der Waals surface area contributed by atoms with Crippen molar-refractivity contribution in [1.29, 1.82) is 0 Å². The van der Waals surface area contributed by atoms with Gasteiger partial charge in [0.1, 0.15) is 5.75 Å². The van der Waals surface area contributed by atoms with E-state index >= 15 is 0 Å². The fourth-order valence-corrected chi connectivity index (χ4v) is 2.03. The molecule has 0 unspecified atom stereocenters. The van der Waals surface area contributed by atoms with Gasteiger partial charge in [0.15, 0.2) is 0 Å². The molecule has 0 aliphatic heterocycles. The highest BCUT2D eigenvalue weighted by atomic mass is 19.3. The number of hydrogen-bond acceptors (Lipinski definition) is 4. The molecule has 0 spiro atoms. The van der Waals surface area contributed by atoms with Crippen molar-refractivity contribution < 1.29 is 23.4 Å². The lowest BCUT2D eigenvalue weighted by Crippen LogP contribution is -2.26. The molecule has 0 aromatic heterocycles. The Morgan fingerprint density at radius 3 is 2.58 bits per heavy atom. The minimum absolute atomic E-state index is 0.108. The van der Waals surface area contributed by atoms with Gasteiger partial charge in [-0.15, -0.1) is 0 Å². The van der Waals surface area contributed by atoms with Gasteiger partial charge in [-0.1, -0.05) is 18.2 Å². The topological polar surface area (TPSA) is 70.6 Å². The number of carbonyl (C=O) groups is 1. The highest BCUT2D eigenvalue weighted by Crippen LogP contribution is 2.16. The Labute approximate surface area is 138 Å².